The molecule has 0 amide bonds. The number of rotatable bonds is 34. The van der Waals surface area contributed by atoms with E-state index in [-0.39, 0.29) is 26.4 Å². The van der Waals surface area contributed by atoms with Crippen LogP contribution in [0.1, 0.15) is 19.8 Å². The fourth-order valence-corrected chi connectivity index (χ4v) is 7.48. The van der Waals surface area contributed by atoms with Crippen molar-refractivity contribution in [3.8, 4) is 0 Å². The third-order valence-electron chi connectivity index (χ3n) is 13.4. The molecule has 10 atom stereocenters. The van der Waals surface area contributed by atoms with Gasteiger partial charge in [-0.1, -0.05) is 26.7 Å². The van der Waals surface area contributed by atoms with E-state index in [0.717, 1.165) is 0 Å². The van der Waals surface area contributed by atoms with Crippen molar-refractivity contribution >= 4 is 17.9 Å². The summed E-state index contributed by atoms with van der Waals surface area (Å²) < 4.78 is 430. The predicted octanol–water partition coefficient (Wildman–Crippen LogP) is 10.4. The molecule has 2 aliphatic carbocycles. The third-order valence-corrected chi connectivity index (χ3v) is 13.4. The van der Waals surface area contributed by atoms with E-state index < -0.39 is 235 Å². The number of ether oxygens (including phenoxy) is 11. The predicted molar refractivity (Wildman–Crippen MR) is 250 cm³/mol. The summed E-state index contributed by atoms with van der Waals surface area (Å²) in [5, 5.41) is 0. The number of halogens is 28. The molecule has 6 fully saturated rings. The number of alkyl halides is 25. The molecule has 550 valence electrons. The van der Waals surface area contributed by atoms with Crippen molar-refractivity contribution in [2.45, 2.75) is 126 Å². The maximum absolute atomic E-state index is 17.8. The second-order valence-electron chi connectivity index (χ2n) is 20.9. The van der Waals surface area contributed by atoms with Gasteiger partial charge < -0.3 is 52.1 Å². The maximum Gasteiger partial charge on any atom is 0.452 e. The van der Waals surface area contributed by atoms with Gasteiger partial charge in [0.2, 0.25) is 22.7 Å². The van der Waals surface area contributed by atoms with Crippen LogP contribution in [0.4, 0.5) is 123 Å². The number of esters is 3. The zero-order valence-corrected chi connectivity index (χ0v) is 47.8. The zero-order chi connectivity index (χ0) is 72.7. The van der Waals surface area contributed by atoms with Crippen LogP contribution >= 0.6 is 0 Å². The average molecular weight is 1450 g/mol. The largest absolute Gasteiger partial charge is 0.456 e. The molecule has 0 radical (unpaired) electrons. The minimum absolute atomic E-state index is 0.0188. The monoisotopic (exact) mass is 1450 g/mol. The van der Waals surface area contributed by atoms with Gasteiger partial charge in [-0.05, 0) is 26.4 Å². The molecular formula is C49H56F28O17. The lowest BCUT2D eigenvalue weighted by molar-refractivity contribution is -0.463. The first kappa shape index (κ1) is 85.3. The van der Waals surface area contributed by atoms with Crippen molar-refractivity contribution in [3.63, 3.8) is 0 Å². The molecule has 10 unspecified atom stereocenters. The molecule has 6 aliphatic rings. The lowest BCUT2D eigenvalue weighted by Crippen LogP contribution is -2.97. The van der Waals surface area contributed by atoms with Crippen LogP contribution < -0.4 is 0 Å². The molecule has 94 heavy (non-hydrogen) atoms. The molecule has 4 aliphatic heterocycles. The lowest BCUT2D eigenvalue weighted by Gasteiger charge is -2.68. The third kappa shape index (κ3) is 19.3. The Labute approximate surface area is 511 Å². The number of epoxide rings is 4. The first-order valence-corrected chi connectivity index (χ1v) is 25.9. The van der Waals surface area contributed by atoms with Gasteiger partial charge in [-0.25, -0.2) is 40.7 Å². The van der Waals surface area contributed by atoms with Crippen LogP contribution in [0.5, 0.6) is 0 Å². The van der Waals surface area contributed by atoms with Gasteiger partial charge in [0.25, 0.3) is 0 Å². The second-order valence-corrected chi connectivity index (χ2v) is 20.9. The summed E-state index contributed by atoms with van der Waals surface area (Å²) in [5.74, 6) is -31.9. The Kier molecular flexibility index (Phi) is 29.7. The Morgan fingerprint density at radius 2 is 0.638 bits per heavy atom. The molecule has 17 nitrogen and oxygen atoms in total. The molecule has 0 N–H and O–H groups in total. The van der Waals surface area contributed by atoms with Crippen molar-refractivity contribution in [3.05, 3.63) is 38.0 Å². The normalized spacial score (nSPS) is 29.8. The highest BCUT2D eigenvalue weighted by Crippen LogP contribution is 2.76. The minimum atomic E-state index is -6.54. The summed E-state index contributed by atoms with van der Waals surface area (Å²) in [7, 11) is 0. The van der Waals surface area contributed by atoms with Crippen LogP contribution in [0.15, 0.2) is 38.0 Å². The van der Waals surface area contributed by atoms with Gasteiger partial charge in [0.15, 0.2) is 31.2 Å². The smallest absolute Gasteiger partial charge is 0.452 e. The van der Waals surface area contributed by atoms with Crippen LogP contribution in [0.2, 0.25) is 0 Å². The van der Waals surface area contributed by atoms with Crippen LogP contribution in [-0.2, 0) is 81.3 Å². The molecule has 0 aromatic heterocycles. The Hall–Kier alpha value is -4.77. The van der Waals surface area contributed by atoms with E-state index >= 15 is 43.9 Å². The van der Waals surface area contributed by atoms with Crippen LogP contribution in [-0.4, -0.2) is 243 Å². The molecule has 4 saturated heterocycles. The van der Waals surface area contributed by atoms with Crippen LogP contribution in [0.3, 0.4) is 0 Å². The summed E-state index contributed by atoms with van der Waals surface area (Å²) in [6, 6.07) is 0. The zero-order valence-electron chi connectivity index (χ0n) is 47.8. The number of fused-ring (bicyclic) bond motifs is 1. The molecule has 4 heterocycles. The van der Waals surface area contributed by atoms with E-state index in [4.69, 9.17) is 37.9 Å². The molecule has 0 aromatic carbocycles. The minimum Gasteiger partial charge on any atom is -0.456 e. The molecule has 6 rings (SSSR count). The van der Waals surface area contributed by atoms with Gasteiger partial charge in [-0.2, -0.15) is 70.2 Å². The fraction of sp³-hybridized carbons (Fsp3) is 0.816. The van der Waals surface area contributed by atoms with Crippen molar-refractivity contribution < 1.29 is 205 Å². The highest BCUT2D eigenvalue weighted by atomic mass is 19.4. The molecular weight excluding hydrogens is 1390 g/mol. The van der Waals surface area contributed by atoms with Gasteiger partial charge in [-0.3, -0.25) is 13.2 Å². The highest BCUT2D eigenvalue weighted by Gasteiger charge is 3.04. The lowest BCUT2D eigenvalue weighted by atomic mass is 9.44. The Morgan fingerprint density at radius 1 is 0.426 bits per heavy atom. The van der Waals surface area contributed by atoms with E-state index in [2.05, 4.69) is 33.9 Å². The SMILES string of the molecule is C=CC(=O)OCC(F)(F)C(F)(F)OF.C=CC(=O)OCC(F)(F)C(F)(F)OF.C=CC(=O)OCC(F)(F)C(F)(F)OF.CC(CF)(CF)CF.FC1(COCC2CO2)CCC(F)(COCC2CO2)C2(F)C(F)(COCC3CO3)C(F)(F)C(F)(F)C(F)(COCC3CO3)C12F. The number of carbonyl (C=O) groups excluding carboxylic acids is 3. The van der Waals surface area contributed by atoms with Gasteiger partial charge in [-0.15, -0.1) is 14.8 Å². The summed E-state index contributed by atoms with van der Waals surface area (Å²) in [6.07, 6.45) is -20.7. The molecule has 45 heteroatoms. The van der Waals surface area contributed by atoms with Crippen molar-refractivity contribution in [2.75, 3.05) is 119 Å². The van der Waals surface area contributed by atoms with E-state index in [1.54, 1.807) is 14.8 Å². The topological polar surface area (TPSA) is 194 Å². The highest BCUT2D eigenvalue weighted by molar-refractivity contribution is 5.81. The van der Waals surface area contributed by atoms with E-state index in [1.165, 1.54) is 6.92 Å². The van der Waals surface area contributed by atoms with Crippen LogP contribution in [0, 0.1) is 5.41 Å². The Morgan fingerprint density at radius 3 is 0.809 bits per heavy atom. The summed E-state index contributed by atoms with van der Waals surface area (Å²) >= 11 is 0. The number of hydrogen-bond donors (Lipinski definition) is 0. The first-order chi connectivity index (χ1) is 43.0. The van der Waals surface area contributed by atoms with Gasteiger partial charge in [0.1, 0.15) is 24.4 Å². The summed E-state index contributed by atoms with van der Waals surface area (Å²) in [4.78, 5) is 36.0. The van der Waals surface area contributed by atoms with Crippen molar-refractivity contribution in [1.82, 2.24) is 0 Å². The second kappa shape index (κ2) is 32.7. The Bertz CT molecular complexity index is 2260. The maximum atomic E-state index is 17.8. The molecule has 0 spiro atoms. The quantitative estimate of drug-likeness (QED) is 0.0194. The standard InChI is InChI=1S/C26H32F10O8.3C6H5F5O3.C5H9F3/c27-19(11-37-3-15-7-41-15)1-2-20(28,12-38-4-16-8-42-16)24(32)22(30,14-40-6-18-10-44-18)26(35,36)25(33,34)21(29,23(19,24)31)13-39-5-17-9-43-17;3*1-2-4(12)13-3-5(7,8)6(9,10)14-11;1-5(2-6,3-7)4-8/h15-18H,1-14H2;3*2H,1,3H2;2-4H2,1H3. The van der Waals surface area contributed by atoms with Crippen molar-refractivity contribution in [2.24, 2.45) is 5.41 Å². The van der Waals surface area contributed by atoms with Crippen molar-refractivity contribution in [1.29, 1.82) is 0 Å². The molecule has 0 aromatic rings. The number of carbonyl (C=O) groups is 3. The van der Waals surface area contributed by atoms with E-state index in [1.807, 2.05) is 0 Å². The van der Waals surface area contributed by atoms with Gasteiger partial charge in [0.05, 0.1) is 105 Å². The summed E-state index contributed by atoms with van der Waals surface area (Å²) in [6.45, 7) is -9.81. The summed E-state index contributed by atoms with van der Waals surface area (Å²) in [5.41, 5.74) is -33.0. The number of hydrogen-bond acceptors (Lipinski definition) is 17. The fourth-order valence-electron chi connectivity index (χ4n) is 7.48. The molecule has 2 saturated carbocycles. The van der Waals surface area contributed by atoms with Gasteiger partial charge >= 0.3 is 65.8 Å². The van der Waals surface area contributed by atoms with E-state index in [9.17, 15) is 93.8 Å². The van der Waals surface area contributed by atoms with Crippen LogP contribution in [0.25, 0.3) is 0 Å². The van der Waals surface area contributed by atoms with E-state index in [0.29, 0.717) is 18.2 Å². The average Bonchev–Trinajstić information content (AvgIpc) is 1.21. The van der Waals surface area contributed by atoms with Gasteiger partial charge in [0, 0.05) is 18.2 Å². The molecule has 0 bridgehead atoms. The first-order valence-electron chi connectivity index (χ1n) is 25.9. The Balaban J connectivity index is 0.000000490.